The van der Waals surface area contributed by atoms with E-state index >= 15 is 0 Å². The largest absolute Gasteiger partial charge is 0.505 e. The number of benzene rings is 4. The molecule has 0 spiro atoms. The molecule has 0 heterocycles. The van der Waals surface area contributed by atoms with Gasteiger partial charge in [0.2, 0.25) is 0 Å². The first-order valence-corrected chi connectivity index (χ1v) is 17.0. The van der Waals surface area contributed by atoms with E-state index < -0.39 is 105 Å². The minimum atomic E-state index is -5.28. The van der Waals surface area contributed by atoms with Crippen molar-refractivity contribution in [3.05, 3.63) is 60.7 Å². The Hall–Kier alpha value is -4.42. The number of nitrogens with two attached hydrogens (primary N) is 1. The molecule has 0 aromatic heterocycles. The maximum Gasteiger partial charge on any atom is 0.296 e. The third kappa shape index (κ3) is 6.56. The van der Waals surface area contributed by atoms with Gasteiger partial charge in [0, 0.05) is 0 Å². The van der Waals surface area contributed by atoms with Gasteiger partial charge in [0.15, 0.2) is 5.75 Å². The summed E-state index contributed by atoms with van der Waals surface area (Å²) in [4.78, 5) is -3.78. The lowest BCUT2D eigenvalue weighted by molar-refractivity contribution is 0.472. The Kier molecular flexibility index (Phi) is 8.31. The topological polar surface area (TPSA) is 313 Å². The van der Waals surface area contributed by atoms with Crippen LogP contribution in [-0.2, 0) is 40.5 Å². The molecule has 0 fully saturated rings. The summed E-state index contributed by atoms with van der Waals surface area (Å²) < 4.78 is 134. The Labute approximate surface area is 248 Å². The molecule has 44 heavy (non-hydrogen) atoms. The van der Waals surface area contributed by atoms with Gasteiger partial charge < -0.3 is 10.8 Å². The van der Waals surface area contributed by atoms with E-state index in [9.17, 15) is 57.0 Å². The van der Waals surface area contributed by atoms with E-state index in [1.54, 1.807) is 0 Å². The fourth-order valence-corrected chi connectivity index (χ4v) is 6.40. The normalized spacial score (nSPS) is 13.3. The molecule has 22 heteroatoms. The van der Waals surface area contributed by atoms with Crippen molar-refractivity contribution in [2.45, 2.75) is 19.6 Å². The number of anilines is 1. The van der Waals surface area contributed by atoms with Gasteiger partial charge in [-0.1, -0.05) is 24.3 Å². The van der Waals surface area contributed by atoms with Gasteiger partial charge in [-0.15, -0.1) is 20.5 Å². The van der Waals surface area contributed by atoms with Crippen LogP contribution in [0.25, 0.3) is 10.8 Å². The molecule has 0 aliphatic carbocycles. The predicted molar refractivity (Wildman–Crippen MR) is 151 cm³/mol. The van der Waals surface area contributed by atoms with Crippen molar-refractivity contribution in [3.63, 3.8) is 0 Å². The average Bonchev–Trinajstić information content (AvgIpc) is 2.89. The number of rotatable bonds is 8. The highest BCUT2D eigenvalue weighted by molar-refractivity contribution is 7.86. The van der Waals surface area contributed by atoms with Crippen LogP contribution >= 0.6 is 0 Å². The third-order valence-corrected chi connectivity index (χ3v) is 9.21. The molecule has 0 saturated carbocycles. The quantitative estimate of drug-likeness (QED) is 0.0868. The molecule has 4 rings (SSSR count). The summed E-state index contributed by atoms with van der Waals surface area (Å²) in [6.07, 6.45) is 0. The maximum atomic E-state index is 12.2. The number of fused-ring (bicyclic) bond motifs is 1. The molecule has 4 aromatic carbocycles. The van der Waals surface area contributed by atoms with Crippen molar-refractivity contribution >= 4 is 79.7 Å². The van der Waals surface area contributed by atoms with E-state index in [0.29, 0.717) is 12.1 Å². The number of phenols is 1. The van der Waals surface area contributed by atoms with E-state index in [0.717, 1.165) is 24.3 Å². The lowest BCUT2D eigenvalue weighted by Crippen LogP contribution is -2.04. The molecule has 0 amide bonds. The van der Waals surface area contributed by atoms with Crippen LogP contribution in [0.2, 0.25) is 0 Å². The molecule has 0 saturated heterocycles. The van der Waals surface area contributed by atoms with Crippen molar-refractivity contribution < 1.29 is 57.0 Å². The van der Waals surface area contributed by atoms with Crippen LogP contribution in [0.15, 0.2) is 101 Å². The molecule has 0 aliphatic heterocycles. The fraction of sp³-hybridized carbons (Fsp3) is 0. The van der Waals surface area contributed by atoms with Gasteiger partial charge in [-0.2, -0.15) is 33.7 Å². The lowest BCUT2D eigenvalue weighted by atomic mass is 10.1. The summed E-state index contributed by atoms with van der Waals surface area (Å²) in [6.45, 7) is 0. The van der Waals surface area contributed by atoms with Crippen LogP contribution < -0.4 is 5.73 Å². The SMILES string of the molecule is Nc1c(N=Nc2ccccc2S(=O)(=O)O)c(S(=O)(=O)O)cc2cc(S(=O)(=O)O)c(N=Nc3ccccc3S(=O)(=O)O)c(O)c12. The minimum absolute atomic E-state index is 0.506. The van der Waals surface area contributed by atoms with Crippen LogP contribution in [0.5, 0.6) is 5.75 Å². The smallest absolute Gasteiger partial charge is 0.296 e. The molecule has 0 unspecified atom stereocenters. The maximum absolute atomic E-state index is 12.2. The Bertz CT molecular complexity index is 2190. The molecule has 0 aliphatic rings. The molecule has 4 aromatic rings. The predicted octanol–water partition coefficient (Wildman–Crippen LogP) is 3.95. The molecule has 232 valence electrons. The van der Waals surface area contributed by atoms with Crippen LogP contribution in [0.3, 0.4) is 0 Å². The van der Waals surface area contributed by atoms with Gasteiger partial charge in [0.05, 0.1) is 11.1 Å². The second-order valence-electron chi connectivity index (χ2n) is 8.54. The number of azo groups is 2. The fourth-order valence-electron chi connectivity index (χ4n) is 3.83. The zero-order valence-electron chi connectivity index (χ0n) is 21.3. The van der Waals surface area contributed by atoms with Gasteiger partial charge in [0.1, 0.15) is 42.3 Å². The van der Waals surface area contributed by atoms with Crippen molar-refractivity contribution in [3.8, 4) is 5.75 Å². The highest BCUT2D eigenvalue weighted by Gasteiger charge is 2.28. The summed E-state index contributed by atoms with van der Waals surface area (Å²) in [5, 5.41) is 24.2. The Morgan fingerprint density at radius 2 is 0.886 bits per heavy atom. The molecular weight excluding hydrogens is 671 g/mol. The van der Waals surface area contributed by atoms with Crippen LogP contribution in [0, 0.1) is 0 Å². The number of aromatic hydroxyl groups is 1. The van der Waals surface area contributed by atoms with E-state index in [-0.39, 0.29) is 0 Å². The lowest BCUT2D eigenvalue weighted by Gasteiger charge is -2.14. The Balaban J connectivity index is 2.07. The number of nitrogen functional groups attached to an aromatic ring is 1. The van der Waals surface area contributed by atoms with Crippen molar-refractivity contribution in [2.75, 3.05) is 5.73 Å². The number of phenolic OH excluding ortho intramolecular Hbond substituents is 1. The molecule has 7 N–H and O–H groups in total. The number of nitrogens with zero attached hydrogens (tertiary/aromatic N) is 4. The molecular formula is C22H17N5O13S4. The first-order valence-electron chi connectivity index (χ1n) is 11.2. The van der Waals surface area contributed by atoms with Crippen LogP contribution in [0.4, 0.5) is 28.4 Å². The molecule has 18 nitrogen and oxygen atoms in total. The van der Waals surface area contributed by atoms with E-state index in [1.165, 1.54) is 24.3 Å². The molecule has 0 atom stereocenters. The second kappa shape index (κ2) is 11.3. The Morgan fingerprint density at radius 1 is 0.523 bits per heavy atom. The highest BCUT2D eigenvalue weighted by Crippen LogP contribution is 2.48. The zero-order chi connectivity index (χ0) is 32.8. The summed E-state index contributed by atoms with van der Waals surface area (Å²) >= 11 is 0. The van der Waals surface area contributed by atoms with Gasteiger partial charge in [0.25, 0.3) is 40.5 Å². The van der Waals surface area contributed by atoms with Crippen molar-refractivity contribution in [2.24, 2.45) is 20.5 Å². The average molecular weight is 688 g/mol. The first kappa shape index (κ1) is 32.5. The second-order valence-corrected chi connectivity index (χ2v) is 14.1. The number of hydrogen-bond donors (Lipinski definition) is 6. The highest BCUT2D eigenvalue weighted by atomic mass is 32.2. The monoisotopic (exact) mass is 687 g/mol. The van der Waals surface area contributed by atoms with E-state index in [4.69, 9.17) is 5.73 Å². The van der Waals surface area contributed by atoms with Gasteiger partial charge in [-0.3, -0.25) is 18.2 Å². The van der Waals surface area contributed by atoms with Crippen LogP contribution in [-0.4, -0.2) is 57.0 Å². The Morgan fingerprint density at radius 3 is 1.30 bits per heavy atom. The third-order valence-electron chi connectivity index (χ3n) is 5.67. The minimum Gasteiger partial charge on any atom is -0.505 e. The van der Waals surface area contributed by atoms with Crippen molar-refractivity contribution in [1.29, 1.82) is 0 Å². The van der Waals surface area contributed by atoms with Crippen LogP contribution in [0.1, 0.15) is 0 Å². The zero-order valence-corrected chi connectivity index (χ0v) is 24.5. The number of hydrogen-bond acceptors (Lipinski definition) is 14. The van der Waals surface area contributed by atoms with Crippen molar-refractivity contribution in [1.82, 2.24) is 0 Å². The standard InChI is InChI=1S/C22H17N5O13S4/c23-19-18-11(9-16(43(35,36)37)20(19)26-24-12-5-1-3-7-14(12)41(29,30)31)10-17(44(38,39)40)21(22(18)28)27-25-13-6-2-4-8-15(13)42(32,33)34/h1-10,28H,23H2,(H,29,30,31)(H,32,33,34)(H,35,36,37)(H,38,39,40). The first-order chi connectivity index (χ1) is 20.2. The van der Waals surface area contributed by atoms with E-state index in [1.807, 2.05) is 0 Å². The van der Waals surface area contributed by atoms with Gasteiger partial charge in [-0.25, -0.2) is 0 Å². The molecule has 0 radical (unpaired) electrons. The molecule has 0 bridgehead atoms. The summed E-state index contributed by atoms with van der Waals surface area (Å²) in [6, 6.07) is 10.2. The summed E-state index contributed by atoms with van der Waals surface area (Å²) in [5.41, 5.74) is 2.32. The summed E-state index contributed by atoms with van der Waals surface area (Å²) in [7, 11) is -20.2. The van der Waals surface area contributed by atoms with Gasteiger partial charge in [-0.05, 0) is 41.8 Å². The summed E-state index contributed by atoms with van der Waals surface area (Å²) in [5.74, 6) is -1.17. The van der Waals surface area contributed by atoms with Gasteiger partial charge >= 0.3 is 0 Å². The van der Waals surface area contributed by atoms with E-state index in [2.05, 4.69) is 20.5 Å².